The van der Waals surface area contributed by atoms with E-state index in [0.717, 1.165) is 0 Å². The second-order valence-corrected chi connectivity index (χ2v) is 2.20. The molecule has 0 bridgehead atoms. The first kappa shape index (κ1) is 6.82. The van der Waals surface area contributed by atoms with Gasteiger partial charge in [0.15, 0.2) is 5.17 Å². The molecule has 2 nitrogen and oxygen atoms in total. The summed E-state index contributed by atoms with van der Waals surface area (Å²) in [6, 6.07) is 0. The molecule has 0 aromatic rings. The van der Waals surface area contributed by atoms with Crippen LogP contribution in [0.25, 0.3) is 0 Å². The van der Waals surface area contributed by atoms with Gasteiger partial charge in [-0.3, -0.25) is 5.41 Å². The maximum Gasteiger partial charge on any atom is 0.155 e. The molecule has 0 saturated heterocycles. The van der Waals surface area contributed by atoms with Gasteiger partial charge in [0, 0.05) is 14.1 Å². The molecule has 0 spiro atoms. The molecule has 0 amide bonds. The molecule has 0 fully saturated rings. The van der Waals surface area contributed by atoms with Crippen molar-refractivity contribution in [3.8, 4) is 0 Å². The molecule has 1 N–H and O–H groups in total. The molecule has 42 valence electrons. The highest BCUT2D eigenvalue weighted by atomic mass is 32.2. The number of nitrogens with one attached hydrogen (secondary N) is 1. The maximum absolute atomic E-state index is 7.08. The standard InChI is InChI=1S/C4H10N2S/c1-6(2)4(5)7-3/h5H,1-3H3. The van der Waals surface area contributed by atoms with Crippen LogP contribution < -0.4 is 0 Å². The lowest BCUT2D eigenvalue weighted by Crippen LogP contribution is -2.16. The van der Waals surface area contributed by atoms with E-state index in [1.807, 2.05) is 20.4 Å². The summed E-state index contributed by atoms with van der Waals surface area (Å²) in [4.78, 5) is 1.77. The molecule has 7 heavy (non-hydrogen) atoms. The first-order chi connectivity index (χ1) is 3.18. The monoisotopic (exact) mass is 118 g/mol. The first-order valence-electron chi connectivity index (χ1n) is 1.98. The Kier molecular flexibility index (Phi) is 2.83. The molecule has 0 aromatic carbocycles. The van der Waals surface area contributed by atoms with E-state index in [9.17, 15) is 0 Å². The van der Waals surface area contributed by atoms with Crippen LogP contribution in [0.1, 0.15) is 0 Å². The summed E-state index contributed by atoms with van der Waals surface area (Å²) >= 11 is 1.44. The van der Waals surface area contributed by atoms with Crippen LogP contribution >= 0.6 is 11.8 Å². The molecule has 0 radical (unpaired) electrons. The second kappa shape index (κ2) is 2.91. The predicted octanol–water partition coefficient (Wildman–Crippen LogP) is 0.846. The number of hydrogen-bond acceptors (Lipinski definition) is 2. The summed E-state index contributed by atoms with van der Waals surface area (Å²) in [5, 5.41) is 7.68. The fourth-order valence-electron chi connectivity index (χ4n) is 0.183. The largest absolute Gasteiger partial charge is 0.358 e. The van der Waals surface area contributed by atoms with Crippen molar-refractivity contribution in [1.29, 1.82) is 5.41 Å². The molecule has 0 rings (SSSR count). The van der Waals surface area contributed by atoms with Crippen LogP contribution in [0.15, 0.2) is 0 Å². The van der Waals surface area contributed by atoms with Crippen LogP contribution in [0.2, 0.25) is 0 Å². The van der Waals surface area contributed by atoms with Crippen molar-refractivity contribution in [2.45, 2.75) is 0 Å². The van der Waals surface area contributed by atoms with Crippen molar-refractivity contribution in [2.75, 3.05) is 20.4 Å². The van der Waals surface area contributed by atoms with Crippen molar-refractivity contribution in [3.05, 3.63) is 0 Å². The van der Waals surface area contributed by atoms with Crippen molar-refractivity contribution in [1.82, 2.24) is 4.90 Å². The molecule has 0 aliphatic heterocycles. The van der Waals surface area contributed by atoms with Crippen molar-refractivity contribution >= 4 is 16.9 Å². The summed E-state index contributed by atoms with van der Waals surface area (Å²) in [6.45, 7) is 0. The fourth-order valence-corrected chi connectivity index (χ4v) is 0.548. The Morgan fingerprint density at radius 1 is 1.57 bits per heavy atom. The van der Waals surface area contributed by atoms with Gasteiger partial charge in [-0.1, -0.05) is 11.8 Å². The Balaban J connectivity index is 3.35. The van der Waals surface area contributed by atoms with Gasteiger partial charge >= 0.3 is 0 Å². The molecular weight excluding hydrogens is 108 g/mol. The lowest BCUT2D eigenvalue weighted by Gasteiger charge is -2.08. The maximum atomic E-state index is 7.08. The van der Waals surface area contributed by atoms with E-state index in [0.29, 0.717) is 5.17 Å². The minimum absolute atomic E-state index is 0.597. The third kappa shape index (κ3) is 2.51. The number of nitrogens with zero attached hydrogens (tertiary/aromatic N) is 1. The molecule has 0 heterocycles. The zero-order valence-corrected chi connectivity index (χ0v) is 5.67. The van der Waals surface area contributed by atoms with Gasteiger partial charge in [0.05, 0.1) is 0 Å². The van der Waals surface area contributed by atoms with E-state index >= 15 is 0 Å². The highest BCUT2D eigenvalue weighted by Gasteiger charge is 1.90. The van der Waals surface area contributed by atoms with Gasteiger partial charge in [0.25, 0.3) is 0 Å². The number of thioether (sulfide) groups is 1. The smallest absolute Gasteiger partial charge is 0.155 e. The number of amidine groups is 1. The van der Waals surface area contributed by atoms with Gasteiger partial charge in [-0.25, -0.2) is 0 Å². The van der Waals surface area contributed by atoms with E-state index in [1.165, 1.54) is 11.8 Å². The molecular formula is C4H10N2S. The average molecular weight is 118 g/mol. The zero-order chi connectivity index (χ0) is 5.86. The highest BCUT2D eigenvalue weighted by molar-refractivity contribution is 8.13. The third-order valence-corrected chi connectivity index (χ3v) is 1.35. The average Bonchev–Trinajstić information content (AvgIpc) is 1.65. The lowest BCUT2D eigenvalue weighted by atomic mass is 10.9. The predicted molar refractivity (Wildman–Crippen MR) is 34.9 cm³/mol. The minimum atomic E-state index is 0.597. The van der Waals surface area contributed by atoms with Crippen LogP contribution in [0.4, 0.5) is 0 Å². The van der Waals surface area contributed by atoms with Gasteiger partial charge in [-0.2, -0.15) is 0 Å². The summed E-state index contributed by atoms with van der Waals surface area (Å²) < 4.78 is 0. The summed E-state index contributed by atoms with van der Waals surface area (Å²) in [7, 11) is 3.72. The second-order valence-electron chi connectivity index (χ2n) is 1.40. The van der Waals surface area contributed by atoms with Crippen molar-refractivity contribution in [3.63, 3.8) is 0 Å². The quantitative estimate of drug-likeness (QED) is 0.377. The van der Waals surface area contributed by atoms with Crippen LogP contribution in [-0.4, -0.2) is 30.4 Å². The van der Waals surface area contributed by atoms with Gasteiger partial charge in [-0.05, 0) is 6.26 Å². The zero-order valence-electron chi connectivity index (χ0n) is 4.86. The summed E-state index contributed by atoms with van der Waals surface area (Å²) in [6.07, 6.45) is 1.89. The third-order valence-electron chi connectivity index (χ3n) is 0.600. The lowest BCUT2D eigenvalue weighted by molar-refractivity contribution is 0.632. The Morgan fingerprint density at radius 2 is 2.00 bits per heavy atom. The van der Waals surface area contributed by atoms with Crippen LogP contribution in [0, 0.1) is 5.41 Å². The molecule has 0 aliphatic rings. The van der Waals surface area contributed by atoms with Crippen LogP contribution in [0.3, 0.4) is 0 Å². The molecule has 0 aliphatic carbocycles. The summed E-state index contributed by atoms with van der Waals surface area (Å²) in [5.41, 5.74) is 0. The molecule has 0 aromatic heterocycles. The Bertz CT molecular complexity index is 70.1. The van der Waals surface area contributed by atoms with Gasteiger partial charge in [-0.15, -0.1) is 0 Å². The van der Waals surface area contributed by atoms with Crippen molar-refractivity contribution < 1.29 is 0 Å². The molecule has 0 saturated carbocycles. The normalized spacial score (nSPS) is 8.43. The van der Waals surface area contributed by atoms with E-state index < -0.39 is 0 Å². The van der Waals surface area contributed by atoms with E-state index in [1.54, 1.807) is 4.90 Å². The summed E-state index contributed by atoms with van der Waals surface area (Å²) in [5.74, 6) is 0. The van der Waals surface area contributed by atoms with E-state index in [-0.39, 0.29) is 0 Å². The molecule has 3 heteroatoms. The first-order valence-corrected chi connectivity index (χ1v) is 3.21. The van der Waals surface area contributed by atoms with E-state index in [4.69, 9.17) is 5.41 Å². The van der Waals surface area contributed by atoms with E-state index in [2.05, 4.69) is 0 Å². The number of rotatable bonds is 0. The topological polar surface area (TPSA) is 27.1 Å². The Labute approximate surface area is 48.4 Å². The number of hydrogen-bond donors (Lipinski definition) is 1. The van der Waals surface area contributed by atoms with Crippen LogP contribution in [-0.2, 0) is 0 Å². The van der Waals surface area contributed by atoms with Gasteiger partial charge in [0.1, 0.15) is 0 Å². The Hall–Kier alpha value is -0.180. The van der Waals surface area contributed by atoms with Gasteiger partial charge < -0.3 is 4.90 Å². The Morgan fingerprint density at radius 3 is 2.00 bits per heavy atom. The fraction of sp³-hybridized carbons (Fsp3) is 0.750. The minimum Gasteiger partial charge on any atom is -0.358 e. The SMILES string of the molecule is CSC(=N)N(C)C. The van der Waals surface area contributed by atoms with Crippen molar-refractivity contribution in [2.24, 2.45) is 0 Å². The van der Waals surface area contributed by atoms with Gasteiger partial charge in [0.2, 0.25) is 0 Å². The molecule has 0 atom stereocenters. The molecule has 0 unspecified atom stereocenters. The van der Waals surface area contributed by atoms with Crippen LogP contribution in [0.5, 0.6) is 0 Å². The highest BCUT2D eigenvalue weighted by Crippen LogP contribution is 1.95.